The molecule has 0 fully saturated rings. The Balaban J connectivity index is 1.49. The highest BCUT2D eigenvalue weighted by Gasteiger charge is 2.13. The van der Waals surface area contributed by atoms with Crippen molar-refractivity contribution in [2.45, 2.75) is 9.92 Å². The van der Waals surface area contributed by atoms with Gasteiger partial charge in [0.1, 0.15) is 10.7 Å². The van der Waals surface area contributed by atoms with Gasteiger partial charge < -0.3 is 5.32 Å². The molecular formula is C19H13Cl2N5S3. The number of imidazole rings is 1. The molecule has 0 aliphatic heterocycles. The number of benzene rings is 2. The van der Waals surface area contributed by atoms with E-state index in [1.54, 1.807) is 41.4 Å². The van der Waals surface area contributed by atoms with Crippen LogP contribution in [0.2, 0.25) is 10.0 Å². The van der Waals surface area contributed by atoms with Crippen molar-refractivity contribution < 1.29 is 0 Å². The molecule has 2 aromatic heterocycles. The van der Waals surface area contributed by atoms with E-state index in [-0.39, 0.29) is 0 Å². The third-order valence-corrected chi connectivity index (χ3v) is 6.20. The fourth-order valence-electron chi connectivity index (χ4n) is 2.43. The number of rotatable bonds is 5. The number of fused-ring (bicyclic) bond motifs is 1. The van der Waals surface area contributed by atoms with Crippen molar-refractivity contribution >= 4 is 80.5 Å². The van der Waals surface area contributed by atoms with Crippen LogP contribution in [0.15, 0.2) is 75.1 Å². The number of halogens is 2. The van der Waals surface area contributed by atoms with Crippen molar-refractivity contribution in [3.63, 3.8) is 0 Å². The van der Waals surface area contributed by atoms with E-state index >= 15 is 0 Å². The van der Waals surface area contributed by atoms with Gasteiger partial charge in [0.2, 0.25) is 0 Å². The molecule has 146 valence electrons. The number of thiazole rings is 1. The van der Waals surface area contributed by atoms with Crippen LogP contribution in [0.1, 0.15) is 5.69 Å². The van der Waals surface area contributed by atoms with E-state index in [0.29, 0.717) is 15.2 Å². The lowest BCUT2D eigenvalue weighted by Gasteiger charge is -2.06. The molecule has 2 aromatic carbocycles. The molecule has 0 atom stereocenters. The predicted molar refractivity (Wildman–Crippen MR) is 127 cm³/mol. The van der Waals surface area contributed by atoms with Crippen molar-refractivity contribution in [1.29, 1.82) is 0 Å². The van der Waals surface area contributed by atoms with Gasteiger partial charge in [0.25, 0.3) is 0 Å². The molecule has 0 saturated carbocycles. The highest BCUT2D eigenvalue weighted by molar-refractivity contribution is 7.99. The van der Waals surface area contributed by atoms with E-state index in [9.17, 15) is 0 Å². The summed E-state index contributed by atoms with van der Waals surface area (Å²) in [6, 6.07) is 14.9. The molecule has 0 saturated heterocycles. The summed E-state index contributed by atoms with van der Waals surface area (Å²) in [4.78, 5) is 6.63. The Morgan fingerprint density at radius 3 is 2.52 bits per heavy atom. The highest BCUT2D eigenvalue weighted by Crippen LogP contribution is 2.31. The molecule has 2 heterocycles. The van der Waals surface area contributed by atoms with Crippen molar-refractivity contribution in [2.75, 3.05) is 5.32 Å². The zero-order chi connectivity index (χ0) is 20.2. The molecule has 4 rings (SSSR count). The summed E-state index contributed by atoms with van der Waals surface area (Å²) in [5, 5.41) is 11.9. The van der Waals surface area contributed by atoms with Gasteiger partial charge in [-0.25, -0.2) is 4.98 Å². The van der Waals surface area contributed by atoms with Gasteiger partial charge >= 0.3 is 0 Å². The van der Waals surface area contributed by atoms with E-state index in [0.717, 1.165) is 26.3 Å². The zero-order valence-electron chi connectivity index (χ0n) is 14.7. The lowest BCUT2D eigenvalue weighted by Crippen LogP contribution is -2.23. The summed E-state index contributed by atoms with van der Waals surface area (Å²) in [6.07, 6.45) is 3.67. The minimum Gasteiger partial charge on any atom is -0.331 e. The van der Waals surface area contributed by atoms with Crippen LogP contribution in [0.4, 0.5) is 5.69 Å². The van der Waals surface area contributed by atoms with Gasteiger partial charge in [-0.05, 0) is 60.7 Å². The normalized spacial score (nSPS) is 11.2. The summed E-state index contributed by atoms with van der Waals surface area (Å²) in [7, 11) is 0. The number of thiocarbonyl (C=S) groups is 1. The molecule has 0 spiro atoms. The number of hydrogen-bond donors (Lipinski definition) is 2. The number of hydrazone groups is 1. The summed E-state index contributed by atoms with van der Waals surface area (Å²) in [6.45, 7) is 0. The van der Waals surface area contributed by atoms with Crippen molar-refractivity contribution in [3.8, 4) is 0 Å². The third kappa shape index (κ3) is 5.09. The monoisotopic (exact) mass is 477 g/mol. The standard InChI is InChI=1S/C19H13Cl2N5S3/c20-12-1-5-14(6-2-12)23-18(27)25-22-11-16-17(24-19-26(16)9-10-28-19)29-15-7-3-13(21)4-8-15/h1-11H,(H2,23,25,27)/b22-11+. The molecule has 0 radical (unpaired) electrons. The largest absolute Gasteiger partial charge is 0.331 e. The maximum Gasteiger partial charge on any atom is 0.195 e. The molecule has 0 amide bonds. The second kappa shape index (κ2) is 9.15. The zero-order valence-corrected chi connectivity index (χ0v) is 18.6. The first-order chi connectivity index (χ1) is 14.1. The molecule has 0 bridgehead atoms. The maximum atomic E-state index is 5.98. The lowest BCUT2D eigenvalue weighted by molar-refractivity contribution is 1.04. The van der Waals surface area contributed by atoms with E-state index in [2.05, 4.69) is 15.8 Å². The Morgan fingerprint density at radius 2 is 1.79 bits per heavy atom. The first-order valence-electron chi connectivity index (χ1n) is 8.33. The average Bonchev–Trinajstić information content (AvgIpc) is 3.28. The van der Waals surface area contributed by atoms with Gasteiger partial charge in [0, 0.05) is 32.2 Å². The Kier molecular flexibility index (Phi) is 6.37. The molecule has 0 aliphatic carbocycles. The molecule has 10 heteroatoms. The summed E-state index contributed by atoms with van der Waals surface area (Å²) >= 11 is 20.3. The molecule has 29 heavy (non-hydrogen) atoms. The Hall–Kier alpha value is -2.10. The number of nitrogens with one attached hydrogen (secondary N) is 2. The van der Waals surface area contributed by atoms with Gasteiger partial charge in [0.15, 0.2) is 10.1 Å². The molecule has 4 aromatic rings. The van der Waals surface area contributed by atoms with Crippen molar-refractivity contribution in [3.05, 3.63) is 75.8 Å². The second-order valence-electron chi connectivity index (χ2n) is 5.74. The summed E-state index contributed by atoms with van der Waals surface area (Å²) < 4.78 is 1.99. The number of aromatic nitrogens is 2. The van der Waals surface area contributed by atoms with Crippen LogP contribution < -0.4 is 10.7 Å². The topological polar surface area (TPSA) is 53.7 Å². The van der Waals surface area contributed by atoms with Crippen LogP contribution in [0, 0.1) is 0 Å². The average molecular weight is 478 g/mol. The van der Waals surface area contributed by atoms with Crippen molar-refractivity contribution in [1.82, 2.24) is 14.8 Å². The minimum absolute atomic E-state index is 0.376. The molecular weight excluding hydrogens is 465 g/mol. The minimum atomic E-state index is 0.376. The number of nitrogens with zero attached hydrogens (tertiary/aromatic N) is 3. The molecule has 5 nitrogen and oxygen atoms in total. The second-order valence-corrected chi connectivity index (χ2v) is 8.96. The van der Waals surface area contributed by atoms with E-state index in [4.69, 9.17) is 40.4 Å². The first kappa shape index (κ1) is 20.2. The van der Waals surface area contributed by atoms with Gasteiger partial charge in [-0.15, -0.1) is 11.3 Å². The Morgan fingerprint density at radius 1 is 1.10 bits per heavy atom. The highest BCUT2D eigenvalue weighted by atomic mass is 35.5. The van der Waals surface area contributed by atoms with E-state index in [1.165, 1.54) is 0 Å². The van der Waals surface area contributed by atoms with Crippen LogP contribution in [-0.4, -0.2) is 20.7 Å². The summed E-state index contributed by atoms with van der Waals surface area (Å²) in [5.41, 5.74) is 4.52. The van der Waals surface area contributed by atoms with E-state index in [1.807, 2.05) is 52.4 Å². The van der Waals surface area contributed by atoms with E-state index < -0.39 is 0 Å². The SMILES string of the molecule is S=C(N/N=C/c1c(Sc2ccc(Cl)cc2)nc2sccn12)Nc1ccc(Cl)cc1. The fourth-order valence-corrected chi connectivity index (χ4v) is 4.52. The number of hydrogen-bond acceptors (Lipinski definition) is 5. The lowest BCUT2D eigenvalue weighted by atomic mass is 10.3. The quantitative estimate of drug-likeness (QED) is 0.204. The Bertz CT molecular complexity index is 1170. The smallest absolute Gasteiger partial charge is 0.195 e. The number of anilines is 1. The Labute approximate surface area is 190 Å². The molecule has 0 unspecified atom stereocenters. The molecule has 2 N–H and O–H groups in total. The van der Waals surface area contributed by atoms with Gasteiger partial charge in [0.05, 0.1) is 6.21 Å². The van der Waals surface area contributed by atoms with Crippen LogP contribution in [0.25, 0.3) is 4.96 Å². The van der Waals surface area contributed by atoms with Crippen LogP contribution in [0.5, 0.6) is 0 Å². The molecule has 0 aliphatic rings. The maximum absolute atomic E-state index is 5.98. The first-order valence-corrected chi connectivity index (χ1v) is 11.2. The van der Waals surface area contributed by atoms with Crippen LogP contribution in [0.3, 0.4) is 0 Å². The fraction of sp³-hybridized carbons (Fsp3) is 0. The predicted octanol–water partition coefficient (Wildman–Crippen LogP) is 6.17. The van der Waals surface area contributed by atoms with Gasteiger partial charge in [-0.2, -0.15) is 5.10 Å². The third-order valence-electron chi connectivity index (χ3n) is 3.75. The van der Waals surface area contributed by atoms with Crippen LogP contribution in [-0.2, 0) is 0 Å². The summed E-state index contributed by atoms with van der Waals surface area (Å²) in [5.74, 6) is 0. The van der Waals surface area contributed by atoms with Gasteiger partial charge in [-0.1, -0.05) is 35.0 Å². The van der Waals surface area contributed by atoms with Crippen LogP contribution >= 0.6 is 58.5 Å². The van der Waals surface area contributed by atoms with Crippen molar-refractivity contribution in [2.24, 2.45) is 5.10 Å². The van der Waals surface area contributed by atoms with Gasteiger partial charge in [-0.3, -0.25) is 9.83 Å².